The first kappa shape index (κ1) is 16.2. The number of likely N-dealkylation sites (tertiary alicyclic amines) is 1. The van der Waals surface area contributed by atoms with E-state index in [1.165, 1.54) is 5.56 Å². The van der Waals surface area contributed by atoms with Crippen LogP contribution in [0, 0.1) is 5.92 Å². The lowest BCUT2D eigenvalue weighted by Crippen LogP contribution is -2.34. The predicted octanol–water partition coefficient (Wildman–Crippen LogP) is 2.37. The van der Waals surface area contributed by atoms with Crippen molar-refractivity contribution in [3.8, 4) is 0 Å². The van der Waals surface area contributed by atoms with Gasteiger partial charge in [-0.2, -0.15) is 0 Å². The van der Waals surface area contributed by atoms with Crippen LogP contribution in [0.1, 0.15) is 22.8 Å². The van der Waals surface area contributed by atoms with Crippen molar-refractivity contribution in [2.45, 2.75) is 18.1 Å². The van der Waals surface area contributed by atoms with Gasteiger partial charge < -0.3 is 10.0 Å². The van der Waals surface area contributed by atoms with Gasteiger partial charge in [0.1, 0.15) is 5.25 Å². The first-order valence-electron chi connectivity index (χ1n) is 6.88. The molecule has 0 bridgehead atoms. The highest BCUT2D eigenvalue weighted by atomic mass is 35.5. The second-order valence-corrected chi connectivity index (χ2v) is 6.52. The quantitative estimate of drug-likeness (QED) is 0.906. The molecule has 2 aliphatic heterocycles. The fraction of sp³-hybridized carbons (Fsp3) is 0.467. The number of aliphatic carboxylic acids is 1. The van der Waals surface area contributed by atoms with E-state index >= 15 is 0 Å². The maximum absolute atomic E-state index is 12.6. The van der Waals surface area contributed by atoms with Crippen LogP contribution in [0.4, 0.5) is 0 Å². The Morgan fingerprint density at radius 3 is 2.76 bits per heavy atom. The number of thioether (sulfide) groups is 1. The van der Waals surface area contributed by atoms with Crippen LogP contribution in [0.5, 0.6) is 0 Å². The molecule has 0 spiro atoms. The van der Waals surface area contributed by atoms with E-state index < -0.39 is 11.9 Å². The molecule has 2 atom stereocenters. The SMILES string of the molecule is Cl.O=C(O)C1CCN(C(=O)C2SCCc3ccccc32)C1. The molecule has 4 nitrogen and oxygen atoms in total. The van der Waals surface area contributed by atoms with Crippen LogP contribution in [0.15, 0.2) is 24.3 Å². The van der Waals surface area contributed by atoms with Crippen LogP contribution < -0.4 is 0 Å². The first-order valence-corrected chi connectivity index (χ1v) is 7.92. The van der Waals surface area contributed by atoms with Gasteiger partial charge in [0.15, 0.2) is 0 Å². The molecule has 2 unspecified atom stereocenters. The zero-order valence-electron chi connectivity index (χ0n) is 11.5. The van der Waals surface area contributed by atoms with Crippen LogP contribution in [-0.2, 0) is 16.0 Å². The summed E-state index contributed by atoms with van der Waals surface area (Å²) in [7, 11) is 0. The number of hydrogen-bond donors (Lipinski definition) is 1. The zero-order valence-corrected chi connectivity index (χ0v) is 13.2. The minimum Gasteiger partial charge on any atom is -0.481 e. The van der Waals surface area contributed by atoms with E-state index in [0.717, 1.165) is 17.7 Å². The summed E-state index contributed by atoms with van der Waals surface area (Å²) in [6, 6.07) is 8.08. The number of carbonyl (C=O) groups excluding carboxylic acids is 1. The minimum atomic E-state index is -0.794. The summed E-state index contributed by atoms with van der Waals surface area (Å²) in [5, 5.41) is 8.88. The fourth-order valence-electron chi connectivity index (χ4n) is 2.93. The van der Waals surface area contributed by atoms with Gasteiger partial charge in [0, 0.05) is 13.1 Å². The van der Waals surface area contributed by atoms with Gasteiger partial charge in [0.2, 0.25) is 5.91 Å². The molecule has 1 N–H and O–H groups in total. The maximum Gasteiger partial charge on any atom is 0.308 e. The van der Waals surface area contributed by atoms with Crippen molar-refractivity contribution in [2.75, 3.05) is 18.8 Å². The Bertz CT molecular complexity index is 551. The van der Waals surface area contributed by atoms with Crippen molar-refractivity contribution >= 4 is 36.0 Å². The van der Waals surface area contributed by atoms with Gasteiger partial charge in [-0.15, -0.1) is 24.2 Å². The van der Waals surface area contributed by atoms with Crippen molar-refractivity contribution < 1.29 is 14.7 Å². The molecule has 1 fully saturated rings. The summed E-state index contributed by atoms with van der Waals surface area (Å²) in [5.41, 5.74) is 2.35. The maximum atomic E-state index is 12.6. The predicted molar refractivity (Wildman–Crippen MR) is 84.9 cm³/mol. The van der Waals surface area contributed by atoms with E-state index in [1.807, 2.05) is 18.2 Å². The molecule has 1 aromatic carbocycles. The average molecular weight is 328 g/mol. The molecular weight excluding hydrogens is 310 g/mol. The summed E-state index contributed by atoms with van der Waals surface area (Å²) < 4.78 is 0. The largest absolute Gasteiger partial charge is 0.481 e. The molecule has 1 aromatic rings. The Morgan fingerprint density at radius 1 is 1.29 bits per heavy atom. The van der Waals surface area contributed by atoms with Crippen LogP contribution in [0.25, 0.3) is 0 Å². The van der Waals surface area contributed by atoms with Gasteiger partial charge in [-0.3, -0.25) is 9.59 Å². The van der Waals surface area contributed by atoms with Gasteiger partial charge in [-0.25, -0.2) is 0 Å². The molecule has 1 saturated heterocycles. The third-order valence-electron chi connectivity index (χ3n) is 4.07. The van der Waals surface area contributed by atoms with Crippen molar-refractivity contribution in [1.82, 2.24) is 4.90 Å². The van der Waals surface area contributed by atoms with Crippen LogP contribution in [-0.4, -0.2) is 40.7 Å². The minimum absolute atomic E-state index is 0. The number of amides is 1. The molecule has 0 radical (unpaired) electrons. The number of nitrogens with zero attached hydrogens (tertiary/aromatic N) is 1. The van der Waals surface area contributed by atoms with E-state index in [0.29, 0.717) is 19.5 Å². The van der Waals surface area contributed by atoms with Crippen LogP contribution in [0.2, 0.25) is 0 Å². The number of hydrogen-bond acceptors (Lipinski definition) is 3. The van der Waals surface area contributed by atoms with Crippen LogP contribution >= 0.6 is 24.2 Å². The monoisotopic (exact) mass is 327 g/mol. The molecule has 0 saturated carbocycles. The van der Waals surface area contributed by atoms with Crippen LogP contribution in [0.3, 0.4) is 0 Å². The van der Waals surface area contributed by atoms with Crippen molar-refractivity contribution in [3.05, 3.63) is 35.4 Å². The summed E-state index contributed by atoms with van der Waals surface area (Å²) in [6.07, 6.45) is 1.57. The smallest absolute Gasteiger partial charge is 0.308 e. The normalized spacial score (nSPS) is 24.1. The van der Waals surface area contributed by atoms with E-state index in [1.54, 1.807) is 16.7 Å². The average Bonchev–Trinajstić information content (AvgIpc) is 2.96. The topological polar surface area (TPSA) is 57.6 Å². The number of aryl methyl sites for hydroxylation is 1. The zero-order chi connectivity index (χ0) is 14.1. The first-order chi connectivity index (χ1) is 9.66. The number of carboxylic acid groups (broad SMARTS) is 1. The lowest BCUT2D eigenvalue weighted by atomic mass is 10.0. The van der Waals surface area contributed by atoms with Gasteiger partial charge in [0.05, 0.1) is 5.92 Å². The second kappa shape index (κ2) is 6.71. The highest BCUT2D eigenvalue weighted by Gasteiger charge is 2.36. The van der Waals surface area contributed by atoms with Crippen molar-refractivity contribution in [1.29, 1.82) is 0 Å². The molecule has 1 amide bonds. The molecule has 2 heterocycles. The van der Waals surface area contributed by atoms with E-state index in [9.17, 15) is 9.59 Å². The molecular formula is C15H18ClNO3S. The number of benzene rings is 1. The third kappa shape index (κ3) is 3.19. The van der Waals surface area contributed by atoms with Gasteiger partial charge >= 0.3 is 5.97 Å². The third-order valence-corrected chi connectivity index (χ3v) is 5.30. The summed E-state index contributed by atoms with van der Waals surface area (Å²) in [5.74, 6) is -0.172. The highest BCUT2D eigenvalue weighted by Crippen LogP contribution is 2.38. The Hall–Kier alpha value is -1.20. The lowest BCUT2D eigenvalue weighted by Gasteiger charge is -2.28. The molecule has 114 valence electrons. The number of fused-ring (bicyclic) bond motifs is 1. The fourth-order valence-corrected chi connectivity index (χ4v) is 4.20. The Labute approximate surface area is 134 Å². The molecule has 21 heavy (non-hydrogen) atoms. The highest BCUT2D eigenvalue weighted by molar-refractivity contribution is 8.00. The number of carbonyl (C=O) groups is 2. The Balaban J connectivity index is 0.00000161. The van der Waals surface area contributed by atoms with Crippen molar-refractivity contribution in [2.24, 2.45) is 5.92 Å². The standard InChI is InChI=1S/C15H17NO3S.ClH/c17-14(16-7-5-11(9-16)15(18)19)13-12-4-2-1-3-10(12)6-8-20-13;/h1-4,11,13H,5-9H2,(H,18,19);1H. The molecule has 0 aliphatic carbocycles. The van der Waals surface area contributed by atoms with E-state index in [-0.39, 0.29) is 23.6 Å². The molecule has 0 aromatic heterocycles. The summed E-state index contributed by atoms with van der Waals surface area (Å²) in [6.45, 7) is 0.919. The molecule has 2 aliphatic rings. The second-order valence-electron chi connectivity index (χ2n) is 5.31. The number of halogens is 1. The number of carboxylic acids is 1. The van der Waals surface area contributed by atoms with Gasteiger partial charge in [-0.1, -0.05) is 24.3 Å². The number of rotatable bonds is 2. The summed E-state index contributed by atoms with van der Waals surface area (Å²) >= 11 is 1.67. The molecule has 3 rings (SSSR count). The Morgan fingerprint density at radius 2 is 2.05 bits per heavy atom. The van der Waals surface area contributed by atoms with Crippen molar-refractivity contribution in [3.63, 3.8) is 0 Å². The van der Waals surface area contributed by atoms with Gasteiger partial charge in [0.25, 0.3) is 0 Å². The van der Waals surface area contributed by atoms with E-state index in [2.05, 4.69) is 6.07 Å². The molecule has 6 heteroatoms. The Kier molecular flexibility index (Phi) is 5.17. The summed E-state index contributed by atoms with van der Waals surface area (Å²) in [4.78, 5) is 25.4. The van der Waals surface area contributed by atoms with E-state index in [4.69, 9.17) is 5.11 Å². The lowest BCUT2D eigenvalue weighted by molar-refractivity contribution is -0.141. The van der Waals surface area contributed by atoms with Gasteiger partial charge in [-0.05, 0) is 29.7 Å².